The minimum Gasteiger partial charge on any atom is -0.474 e. The minimum atomic E-state index is -0.258. The summed E-state index contributed by atoms with van der Waals surface area (Å²) in [4.78, 5) is 18.6. The Morgan fingerprint density at radius 3 is 2.72 bits per heavy atom. The van der Waals surface area contributed by atoms with Gasteiger partial charge in [0, 0.05) is 6.20 Å². The molecule has 1 aromatic carbocycles. The number of benzene rings is 1. The molecule has 25 heavy (non-hydrogen) atoms. The number of carbonyl (C=O) groups is 1. The van der Waals surface area contributed by atoms with Gasteiger partial charge in [0.2, 0.25) is 11.8 Å². The molecule has 2 aliphatic rings. The second kappa shape index (κ2) is 6.64. The van der Waals surface area contributed by atoms with Crippen LogP contribution in [0.4, 0.5) is 10.1 Å². The maximum Gasteiger partial charge on any atom is 0.242 e. The maximum atomic E-state index is 13.1. The lowest BCUT2D eigenvalue weighted by Gasteiger charge is -2.36. The number of halogens is 2. The summed E-state index contributed by atoms with van der Waals surface area (Å²) < 4.78 is 18.9. The number of fused-ring (bicyclic) bond motifs is 1. The summed E-state index contributed by atoms with van der Waals surface area (Å²) in [7, 11) is 0. The first-order valence-electron chi connectivity index (χ1n) is 8.40. The van der Waals surface area contributed by atoms with E-state index in [1.165, 1.54) is 12.1 Å². The van der Waals surface area contributed by atoms with Gasteiger partial charge in [-0.15, -0.1) is 11.6 Å². The summed E-state index contributed by atoms with van der Waals surface area (Å²) in [5.41, 5.74) is 2.61. The molecule has 1 fully saturated rings. The van der Waals surface area contributed by atoms with Gasteiger partial charge in [0.15, 0.2) is 0 Å². The van der Waals surface area contributed by atoms with Crippen molar-refractivity contribution < 1.29 is 13.9 Å². The lowest BCUT2D eigenvalue weighted by molar-refractivity contribution is -0.117. The first-order valence-corrected chi connectivity index (χ1v) is 8.93. The molecule has 2 aromatic rings. The van der Waals surface area contributed by atoms with E-state index in [4.69, 9.17) is 16.3 Å². The first kappa shape index (κ1) is 16.3. The van der Waals surface area contributed by atoms with Gasteiger partial charge in [-0.2, -0.15) is 0 Å². The number of hydrogen-bond donors (Lipinski definition) is 0. The molecule has 2 heterocycles. The van der Waals surface area contributed by atoms with Crippen molar-refractivity contribution in [1.82, 2.24) is 4.98 Å². The van der Waals surface area contributed by atoms with E-state index >= 15 is 0 Å². The highest BCUT2D eigenvalue weighted by atomic mass is 35.5. The zero-order valence-electron chi connectivity index (χ0n) is 13.6. The van der Waals surface area contributed by atoms with E-state index in [1.54, 1.807) is 23.2 Å². The molecular formula is C19H18ClFN2O2. The van der Waals surface area contributed by atoms with Crippen molar-refractivity contribution in [2.45, 2.75) is 25.3 Å². The number of pyridine rings is 1. The van der Waals surface area contributed by atoms with Gasteiger partial charge in [-0.1, -0.05) is 12.1 Å². The molecule has 1 aliphatic heterocycles. The fraction of sp³-hybridized carbons (Fsp3) is 0.368. The van der Waals surface area contributed by atoms with Crippen LogP contribution in [0.25, 0.3) is 0 Å². The molecule has 1 aliphatic carbocycles. The minimum absolute atomic E-state index is 0.0293. The predicted molar refractivity (Wildman–Crippen MR) is 93.7 cm³/mol. The van der Waals surface area contributed by atoms with E-state index in [-0.39, 0.29) is 23.6 Å². The third-order valence-corrected chi connectivity index (χ3v) is 4.97. The quantitative estimate of drug-likeness (QED) is 0.783. The van der Waals surface area contributed by atoms with Crippen LogP contribution < -0.4 is 9.64 Å². The molecule has 0 radical (unpaired) electrons. The number of rotatable bonds is 4. The van der Waals surface area contributed by atoms with Gasteiger partial charge >= 0.3 is 0 Å². The van der Waals surface area contributed by atoms with Gasteiger partial charge in [-0.25, -0.2) is 9.37 Å². The summed E-state index contributed by atoms with van der Waals surface area (Å²) in [6.45, 7) is 0.463. The highest BCUT2D eigenvalue weighted by Gasteiger charge is 2.42. The van der Waals surface area contributed by atoms with Crippen LogP contribution in [-0.2, 0) is 11.2 Å². The summed E-state index contributed by atoms with van der Waals surface area (Å²) in [5.74, 6) is 0.500. The number of ether oxygens (including phenoxy) is 1. The van der Waals surface area contributed by atoms with Crippen molar-refractivity contribution in [2.75, 3.05) is 17.4 Å². The Morgan fingerprint density at radius 2 is 2.04 bits per heavy atom. The van der Waals surface area contributed by atoms with Crippen molar-refractivity contribution in [3.8, 4) is 5.88 Å². The molecule has 4 nitrogen and oxygen atoms in total. The summed E-state index contributed by atoms with van der Waals surface area (Å²) >= 11 is 5.84. The molecule has 4 rings (SSSR count). The summed E-state index contributed by atoms with van der Waals surface area (Å²) in [6, 6.07) is 8.35. The van der Waals surface area contributed by atoms with Crippen LogP contribution in [0.1, 0.15) is 24.0 Å². The van der Waals surface area contributed by atoms with Crippen LogP contribution in [0.15, 0.2) is 36.5 Å². The van der Waals surface area contributed by atoms with Crippen LogP contribution in [-0.4, -0.2) is 29.4 Å². The average molecular weight is 361 g/mol. The predicted octanol–water partition coefficient (Wildman–Crippen LogP) is 3.55. The fourth-order valence-electron chi connectivity index (χ4n) is 3.33. The standard InChI is InChI=1S/C19H18ClFN2O2/c20-9-18(24)23-16-8-13(7-12-1-5-15(21)6-2-12)10-22-19(16)25-11-17(23)14-3-4-14/h1-2,5-6,8,10,14,17H,3-4,7,9,11H2/t17-/m1/s1. The second-order valence-electron chi connectivity index (χ2n) is 6.58. The molecule has 1 atom stereocenters. The SMILES string of the molecule is O=C(CCl)N1c2cc(Cc3ccc(F)cc3)cnc2OC[C@@H]1C1CC1. The maximum absolute atomic E-state index is 13.1. The van der Waals surface area contributed by atoms with E-state index in [1.807, 2.05) is 6.07 Å². The molecule has 0 saturated heterocycles. The van der Waals surface area contributed by atoms with Crippen LogP contribution >= 0.6 is 11.6 Å². The summed E-state index contributed by atoms with van der Waals surface area (Å²) in [5, 5.41) is 0. The van der Waals surface area contributed by atoms with Crippen molar-refractivity contribution in [3.63, 3.8) is 0 Å². The Balaban J connectivity index is 1.66. The molecule has 130 valence electrons. The monoisotopic (exact) mass is 360 g/mol. The number of carbonyl (C=O) groups excluding carboxylic acids is 1. The van der Waals surface area contributed by atoms with Crippen LogP contribution in [0, 0.1) is 11.7 Å². The van der Waals surface area contributed by atoms with Crippen molar-refractivity contribution in [3.05, 3.63) is 53.5 Å². The Hall–Kier alpha value is -2.14. The molecule has 0 unspecified atom stereocenters. The second-order valence-corrected chi connectivity index (χ2v) is 6.85. The molecule has 0 bridgehead atoms. The van der Waals surface area contributed by atoms with Crippen LogP contribution in [0.3, 0.4) is 0 Å². The fourth-order valence-corrected chi connectivity index (χ4v) is 3.46. The number of aromatic nitrogens is 1. The van der Waals surface area contributed by atoms with E-state index in [2.05, 4.69) is 4.98 Å². The number of nitrogens with zero attached hydrogens (tertiary/aromatic N) is 2. The molecular weight excluding hydrogens is 343 g/mol. The van der Waals surface area contributed by atoms with E-state index < -0.39 is 0 Å². The molecule has 0 N–H and O–H groups in total. The van der Waals surface area contributed by atoms with Gasteiger partial charge in [0.05, 0.1) is 6.04 Å². The van der Waals surface area contributed by atoms with Crippen molar-refractivity contribution in [2.24, 2.45) is 5.92 Å². The highest BCUT2D eigenvalue weighted by molar-refractivity contribution is 6.29. The Bertz CT molecular complexity index is 793. The van der Waals surface area contributed by atoms with E-state index in [0.717, 1.165) is 24.0 Å². The van der Waals surface area contributed by atoms with E-state index in [9.17, 15) is 9.18 Å². The number of hydrogen-bond acceptors (Lipinski definition) is 3. The molecule has 1 saturated carbocycles. The Kier molecular flexibility index (Phi) is 4.34. The Labute approximate surface area is 150 Å². The number of alkyl halides is 1. The normalized spacial score (nSPS) is 19.3. The molecule has 6 heteroatoms. The smallest absolute Gasteiger partial charge is 0.242 e. The van der Waals surface area contributed by atoms with Gasteiger partial charge in [-0.3, -0.25) is 9.69 Å². The highest BCUT2D eigenvalue weighted by Crippen LogP contribution is 2.42. The zero-order valence-corrected chi connectivity index (χ0v) is 14.4. The summed E-state index contributed by atoms with van der Waals surface area (Å²) in [6.07, 6.45) is 4.57. The third kappa shape index (κ3) is 3.33. The van der Waals surface area contributed by atoms with Crippen molar-refractivity contribution >= 4 is 23.2 Å². The van der Waals surface area contributed by atoms with Gasteiger partial charge < -0.3 is 4.74 Å². The van der Waals surface area contributed by atoms with Gasteiger partial charge in [0.1, 0.15) is 24.0 Å². The Morgan fingerprint density at radius 1 is 1.28 bits per heavy atom. The number of anilines is 1. The largest absolute Gasteiger partial charge is 0.474 e. The lowest BCUT2D eigenvalue weighted by atomic mass is 10.0. The van der Waals surface area contributed by atoms with Gasteiger partial charge in [-0.05, 0) is 54.5 Å². The molecule has 1 amide bonds. The van der Waals surface area contributed by atoms with Crippen LogP contribution in [0.2, 0.25) is 0 Å². The first-order chi connectivity index (χ1) is 12.2. The topological polar surface area (TPSA) is 42.4 Å². The lowest BCUT2D eigenvalue weighted by Crippen LogP contribution is -2.49. The molecule has 0 spiro atoms. The van der Waals surface area contributed by atoms with Crippen LogP contribution in [0.5, 0.6) is 5.88 Å². The van der Waals surface area contributed by atoms with Gasteiger partial charge in [0.25, 0.3) is 0 Å². The average Bonchev–Trinajstić information content (AvgIpc) is 3.47. The zero-order chi connectivity index (χ0) is 17.4. The number of amides is 1. The molecule has 1 aromatic heterocycles. The third-order valence-electron chi connectivity index (χ3n) is 4.74. The van der Waals surface area contributed by atoms with E-state index in [0.29, 0.717) is 30.5 Å². The van der Waals surface area contributed by atoms with Crippen molar-refractivity contribution in [1.29, 1.82) is 0 Å².